The number of carbonyl (C=O) groups is 1. The minimum atomic E-state index is -0.965. The molecule has 0 saturated heterocycles. The molecule has 1 aliphatic rings. The Morgan fingerprint density at radius 3 is 2.68 bits per heavy atom. The molecule has 1 saturated carbocycles. The van der Waals surface area contributed by atoms with Crippen LogP contribution in [0.2, 0.25) is 0 Å². The lowest BCUT2D eigenvalue weighted by Gasteiger charge is -2.44. The fraction of sp³-hybridized carbons (Fsp3) is 0.304. The van der Waals surface area contributed by atoms with Gasteiger partial charge >= 0.3 is 0 Å². The highest BCUT2D eigenvalue weighted by molar-refractivity contribution is 5.77. The predicted octanol–water partition coefficient (Wildman–Crippen LogP) is 3.50. The van der Waals surface area contributed by atoms with Crippen LogP contribution in [0.25, 0.3) is 11.3 Å². The molecule has 1 aliphatic carbocycles. The quantitative estimate of drug-likeness (QED) is 0.607. The molecular weight excluding hydrogens is 400 g/mol. The van der Waals surface area contributed by atoms with Crippen LogP contribution in [-0.4, -0.2) is 33.8 Å². The van der Waals surface area contributed by atoms with Gasteiger partial charge in [-0.2, -0.15) is 0 Å². The molecule has 1 aromatic carbocycles. The Kier molecular flexibility index (Phi) is 5.63. The number of aromatic nitrogens is 3. The van der Waals surface area contributed by atoms with Gasteiger partial charge in [-0.3, -0.25) is 9.78 Å². The topological polar surface area (TPSA) is 93.8 Å². The zero-order valence-corrected chi connectivity index (χ0v) is 17.1. The van der Waals surface area contributed by atoms with Crippen molar-refractivity contribution < 1.29 is 13.6 Å². The van der Waals surface area contributed by atoms with E-state index in [2.05, 4.69) is 20.5 Å². The molecule has 0 spiro atoms. The minimum absolute atomic E-state index is 0.156. The molecular formula is C23H23F2N5O. The summed E-state index contributed by atoms with van der Waals surface area (Å²) < 4.78 is 28.0. The first kappa shape index (κ1) is 20.8. The number of hydrogen-bond acceptors (Lipinski definition) is 5. The molecule has 0 unspecified atom stereocenters. The number of aryl methyl sites for hydroxylation is 1. The number of nitrogens with one attached hydrogen (secondary N) is 1. The third kappa shape index (κ3) is 4.52. The van der Waals surface area contributed by atoms with Gasteiger partial charge in [0.05, 0.1) is 17.8 Å². The molecule has 0 aliphatic heterocycles. The molecule has 0 atom stereocenters. The van der Waals surface area contributed by atoms with Crippen molar-refractivity contribution in [2.45, 2.75) is 37.8 Å². The zero-order chi connectivity index (χ0) is 22.0. The van der Waals surface area contributed by atoms with Crippen molar-refractivity contribution in [1.82, 2.24) is 15.2 Å². The molecule has 2 heterocycles. The van der Waals surface area contributed by atoms with E-state index in [-0.39, 0.29) is 25.0 Å². The van der Waals surface area contributed by atoms with E-state index in [1.165, 1.54) is 18.3 Å². The largest absolute Gasteiger partial charge is 0.369 e. The summed E-state index contributed by atoms with van der Waals surface area (Å²) >= 11 is 0. The van der Waals surface area contributed by atoms with Crippen LogP contribution in [0.3, 0.4) is 0 Å². The smallest absolute Gasteiger partial charge is 0.221 e. The Morgan fingerprint density at radius 2 is 2.03 bits per heavy atom. The third-order valence-electron chi connectivity index (χ3n) is 5.57. The van der Waals surface area contributed by atoms with E-state index in [1.54, 1.807) is 6.07 Å². The standard InChI is InChI=1S/C23H23F2N5O/c1-14-7-15(10-20(26)31)9-16(8-14)19-4-5-21(30-29-19)28-13-23(11-17(24)12-23)22-18(25)3-2-6-27-22/h2-9,17H,10-13H2,1H3,(H2,26,31)(H,28,30). The number of nitrogens with two attached hydrogens (primary N) is 1. The Hall–Kier alpha value is -3.42. The van der Waals surface area contributed by atoms with Crippen LogP contribution in [0.15, 0.2) is 48.7 Å². The normalized spacial score (nSPS) is 20.2. The van der Waals surface area contributed by atoms with Gasteiger partial charge in [0.15, 0.2) is 0 Å². The molecule has 1 fully saturated rings. The van der Waals surface area contributed by atoms with E-state index < -0.39 is 23.3 Å². The fourth-order valence-electron chi connectivity index (χ4n) is 4.14. The van der Waals surface area contributed by atoms with E-state index >= 15 is 0 Å². The van der Waals surface area contributed by atoms with Crippen LogP contribution in [0, 0.1) is 12.7 Å². The van der Waals surface area contributed by atoms with Gasteiger partial charge in [-0.05, 0) is 61.7 Å². The summed E-state index contributed by atoms with van der Waals surface area (Å²) in [4.78, 5) is 15.4. The van der Waals surface area contributed by atoms with Crippen LogP contribution >= 0.6 is 0 Å². The highest BCUT2D eigenvalue weighted by Crippen LogP contribution is 2.45. The van der Waals surface area contributed by atoms with E-state index in [9.17, 15) is 13.6 Å². The van der Waals surface area contributed by atoms with Crippen molar-refractivity contribution in [3.8, 4) is 11.3 Å². The Bertz CT molecular complexity index is 1100. The monoisotopic (exact) mass is 423 g/mol. The van der Waals surface area contributed by atoms with Crippen molar-refractivity contribution in [3.63, 3.8) is 0 Å². The third-order valence-corrected chi connectivity index (χ3v) is 5.57. The van der Waals surface area contributed by atoms with Crippen LogP contribution in [0.4, 0.5) is 14.6 Å². The van der Waals surface area contributed by atoms with Gasteiger partial charge in [0, 0.05) is 23.7 Å². The molecule has 3 aromatic rings. The average molecular weight is 423 g/mol. The second-order valence-corrected chi connectivity index (χ2v) is 8.13. The number of pyridine rings is 1. The van der Waals surface area contributed by atoms with Gasteiger partial charge in [0.1, 0.15) is 17.8 Å². The van der Waals surface area contributed by atoms with E-state index in [0.29, 0.717) is 18.1 Å². The number of amides is 1. The van der Waals surface area contributed by atoms with Crippen LogP contribution in [-0.2, 0) is 16.6 Å². The molecule has 1 amide bonds. The summed E-state index contributed by atoms with van der Waals surface area (Å²) in [6.45, 7) is 2.24. The maximum absolute atomic E-state index is 14.3. The van der Waals surface area contributed by atoms with Gasteiger partial charge in [0.25, 0.3) is 0 Å². The van der Waals surface area contributed by atoms with Gasteiger partial charge in [-0.15, -0.1) is 10.2 Å². The lowest BCUT2D eigenvalue weighted by molar-refractivity contribution is -0.117. The van der Waals surface area contributed by atoms with Crippen molar-refractivity contribution in [1.29, 1.82) is 0 Å². The molecule has 4 rings (SSSR count). The number of primary amides is 1. The van der Waals surface area contributed by atoms with Gasteiger partial charge < -0.3 is 11.1 Å². The summed E-state index contributed by atoms with van der Waals surface area (Å²) in [5.74, 6) is -0.317. The number of anilines is 1. The molecule has 2 aromatic heterocycles. The maximum atomic E-state index is 14.3. The lowest BCUT2D eigenvalue weighted by atomic mass is 9.65. The van der Waals surface area contributed by atoms with Crippen molar-refractivity contribution >= 4 is 11.7 Å². The summed E-state index contributed by atoms with van der Waals surface area (Å²) in [6, 6.07) is 12.2. The van der Waals surface area contributed by atoms with E-state index in [1.807, 2.05) is 31.2 Å². The highest BCUT2D eigenvalue weighted by atomic mass is 19.1. The highest BCUT2D eigenvalue weighted by Gasteiger charge is 2.48. The predicted molar refractivity (Wildman–Crippen MR) is 114 cm³/mol. The lowest BCUT2D eigenvalue weighted by Crippen LogP contribution is -2.49. The molecule has 0 bridgehead atoms. The molecule has 3 N–H and O–H groups in total. The SMILES string of the molecule is Cc1cc(CC(N)=O)cc(-c2ccc(NCC3(c4ncccc4F)CC(F)C3)nn2)c1. The molecule has 31 heavy (non-hydrogen) atoms. The number of benzene rings is 1. The van der Waals surface area contributed by atoms with Crippen LogP contribution < -0.4 is 11.1 Å². The first-order valence-corrected chi connectivity index (χ1v) is 10.1. The summed E-state index contributed by atoms with van der Waals surface area (Å²) in [6.07, 6.45) is 1.14. The van der Waals surface area contributed by atoms with Gasteiger partial charge in [0.2, 0.25) is 5.91 Å². The Balaban J connectivity index is 1.50. The number of halogens is 2. The van der Waals surface area contributed by atoms with Crippen molar-refractivity contribution in [2.24, 2.45) is 5.73 Å². The van der Waals surface area contributed by atoms with Crippen molar-refractivity contribution in [2.75, 3.05) is 11.9 Å². The first-order chi connectivity index (χ1) is 14.8. The van der Waals surface area contributed by atoms with E-state index in [0.717, 1.165) is 16.7 Å². The number of hydrogen-bond donors (Lipinski definition) is 2. The second-order valence-electron chi connectivity index (χ2n) is 8.13. The van der Waals surface area contributed by atoms with Crippen molar-refractivity contribution in [3.05, 3.63) is 71.3 Å². The Morgan fingerprint density at radius 1 is 1.23 bits per heavy atom. The first-order valence-electron chi connectivity index (χ1n) is 10.1. The molecule has 6 nitrogen and oxygen atoms in total. The average Bonchev–Trinajstić information content (AvgIpc) is 2.70. The number of nitrogens with zero attached hydrogens (tertiary/aromatic N) is 3. The molecule has 8 heteroatoms. The summed E-state index contributed by atoms with van der Waals surface area (Å²) in [7, 11) is 0. The van der Waals surface area contributed by atoms with Gasteiger partial charge in [-0.1, -0.05) is 11.6 Å². The maximum Gasteiger partial charge on any atom is 0.221 e. The van der Waals surface area contributed by atoms with Crippen LogP contribution in [0.5, 0.6) is 0 Å². The summed E-state index contributed by atoms with van der Waals surface area (Å²) in [5.41, 5.74) is 8.17. The zero-order valence-electron chi connectivity index (χ0n) is 17.1. The number of carbonyl (C=O) groups excluding carboxylic acids is 1. The number of alkyl halides is 1. The second kappa shape index (κ2) is 8.37. The fourth-order valence-corrected chi connectivity index (χ4v) is 4.14. The molecule has 160 valence electrons. The summed E-state index contributed by atoms with van der Waals surface area (Å²) in [5, 5.41) is 11.6. The minimum Gasteiger partial charge on any atom is -0.369 e. The van der Waals surface area contributed by atoms with Gasteiger partial charge in [-0.25, -0.2) is 8.78 Å². The molecule has 0 radical (unpaired) electrons. The Labute approximate surface area is 178 Å². The van der Waals surface area contributed by atoms with Crippen LogP contribution in [0.1, 0.15) is 29.7 Å². The van der Waals surface area contributed by atoms with E-state index in [4.69, 9.17) is 5.73 Å². The number of rotatable bonds is 7.